The van der Waals surface area contributed by atoms with Gasteiger partial charge in [0.2, 0.25) is 0 Å². The third-order valence-electron chi connectivity index (χ3n) is 8.65. The number of aliphatic hydroxyl groups excluding tert-OH is 2. The molecule has 1 fully saturated rings. The number of fused-ring (bicyclic) bond motifs is 1. The lowest BCUT2D eigenvalue weighted by Gasteiger charge is -2.46. The molecule has 260 valence electrons. The molecule has 4 aromatic carbocycles. The van der Waals surface area contributed by atoms with Gasteiger partial charge in [-0.1, -0.05) is 84.9 Å². The van der Waals surface area contributed by atoms with Crippen molar-refractivity contribution < 1.29 is 53.0 Å². The second-order valence-corrected chi connectivity index (χ2v) is 11.6. The standard InChI is InChI=1S/C38H42O11/c1-43-28-21-27(33(44-2)26-18-12-11-17-25(26)28)34-32(40)36(48-30(38(42)46-4)20-24-15-9-6-10-16-24)35(31(22-39)49-34)47-29(37(41)45-3)19-23-13-7-5-8-14-23/h5-18,21,29-32,34-36,39-40H,19-20,22H2,1-4H3/t29-,30-,31+,32-,34-,35+,36+/m0/s1. The van der Waals surface area contributed by atoms with E-state index in [1.165, 1.54) is 28.4 Å². The van der Waals surface area contributed by atoms with Crippen LogP contribution in [0.1, 0.15) is 22.8 Å². The van der Waals surface area contributed by atoms with Gasteiger partial charge in [-0.25, -0.2) is 9.59 Å². The molecular formula is C38H42O11. The summed E-state index contributed by atoms with van der Waals surface area (Å²) in [5, 5.41) is 24.4. The molecule has 1 saturated heterocycles. The Morgan fingerprint density at radius 2 is 1.22 bits per heavy atom. The van der Waals surface area contributed by atoms with Crippen LogP contribution in [0.15, 0.2) is 91.0 Å². The van der Waals surface area contributed by atoms with Crippen molar-refractivity contribution in [2.45, 2.75) is 55.6 Å². The Kier molecular flexibility index (Phi) is 12.2. The highest BCUT2D eigenvalue weighted by atomic mass is 16.6. The van der Waals surface area contributed by atoms with E-state index in [0.717, 1.165) is 16.5 Å². The molecule has 0 aliphatic carbocycles. The Balaban J connectivity index is 1.60. The van der Waals surface area contributed by atoms with Crippen molar-refractivity contribution in [1.29, 1.82) is 0 Å². The molecule has 4 aromatic rings. The highest BCUT2D eigenvalue weighted by Crippen LogP contribution is 2.45. The zero-order valence-corrected chi connectivity index (χ0v) is 27.9. The Morgan fingerprint density at radius 1 is 0.714 bits per heavy atom. The summed E-state index contributed by atoms with van der Waals surface area (Å²) in [6.07, 6.45) is -8.53. The molecular weight excluding hydrogens is 632 g/mol. The van der Waals surface area contributed by atoms with Crippen LogP contribution in [0, 0.1) is 0 Å². The number of rotatable bonds is 14. The number of benzene rings is 4. The number of hydrogen-bond acceptors (Lipinski definition) is 11. The first kappa shape index (κ1) is 35.8. The monoisotopic (exact) mass is 674 g/mol. The minimum Gasteiger partial charge on any atom is -0.496 e. The number of hydrogen-bond donors (Lipinski definition) is 2. The van der Waals surface area contributed by atoms with Gasteiger partial charge in [0.05, 0.1) is 35.0 Å². The van der Waals surface area contributed by atoms with E-state index in [4.69, 9.17) is 33.2 Å². The lowest BCUT2D eigenvalue weighted by atomic mass is 9.88. The van der Waals surface area contributed by atoms with Crippen molar-refractivity contribution in [3.63, 3.8) is 0 Å². The molecule has 0 amide bonds. The van der Waals surface area contributed by atoms with Crippen LogP contribution in [-0.4, -0.2) is 93.8 Å². The summed E-state index contributed by atoms with van der Waals surface area (Å²) in [6, 6.07) is 27.6. The summed E-state index contributed by atoms with van der Waals surface area (Å²) in [7, 11) is 5.54. The first-order valence-corrected chi connectivity index (χ1v) is 16.0. The van der Waals surface area contributed by atoms with Gasteiger partial charge in [-0.15, -0.1) is 0 Å². The van der Waals surface area contributed by atoms with E-state index in [9.17, 15) is 19.8 Å². The normalized spacial score (nSPS) is 21.8. The Morgan fingerprint density at radius 3 is 1.71 bits per heavy atom. The van der Waals surface area contributed by atoms with E-state index in [2.05, 4.69) is 0 Å². The second kappa shape index (κ2) is 16.7. The second-order valence-electron chi connectivity index (χ2n) is 11.6. The first-order valence-electron chi connectivity index (χ1n) is 16.0. The van der Waals surface area contributed by atoms with Crippen LogP contribution < -0.4 is 9.47 Å². The summed E-state index contributed by atoms with van der Waals surface area (Å²) in [5.41, 5.74) is 1.99. The summed E-state index contributed by atoms with van der Waals surface area (Å²) in [4.78, 5) is 26.3. The van der Waals surface area contributed by atoms with Crippen LogP contribution in [-0.2, 0) is 46.1 Å². The van der Waals surface area contributed by atoms with E-state index in [1.807, 2.05) is 84.9 Å². The fraction of sp³-hybridized carbons (Fsp3) is 0.368. The van der Waals surface area contributed by atoms with Gasteiger partial charge in [-0.05, 0) is 17.2 Å². The largest absolute Gasteiger partial charge is 0.496 e. The maximum atomic E-state index is 13.2. The molecule has 0 bridgehead atoms. The first-order chi connectivity index (χ1) is 23.8. The van der Waals surface area contributed by atoms with Crippen LogP contribution in [0.3, 0.4) is 0 Å². The number of carbonyl (C=O) groups is 2. The lowest BCUT2D eigenvalue weighted by Crippen LogP contribution is -2.60. The molecule has 5 rings (SSSR count). The van der Waals surface area contributed by atoms with Crippen molar-refractivity contribution in [1.82, 2.24) is 0 Å². The van der Waals surface area contributed by atoms with Gasteiger partial charge >= 0.3 is 11.9 Å². The molecule has 1 aliphatic heterocycles. The van der Waals surface area contributed by atoms with Gasteiger partial charge in [-0.3, -0.25) is 0 Å². The third-order valence-corrected chi connectivity index (χ3v) is 8.65. The minimum atomic E-state index is -1.51. The molecule has 0 radical (unpaired) electrons. The highest BCUT2D eigenvalue weighted by Gasteiger charge is 2.51. The molecule has 7 atom stereocenters. The van der Waals surface area contributed by atoms with Crippen molar-refractivity contribution in [3.05, 3.63) is 108 Å². The summed E-state index contributed by atoms with van der Waals surface area (Å²) >= 11 is 0. The number of aliphatic hydroxyl groups is 2. The van der Waals surface area contributed by atoms with Crippen molar-refractivity contribution in [2.24, 2.45) is 0 Å². The molecule has 0 aromatic heterocycles. The van der Waals surface area contributed by atoms with Crippen LogP contribution >= 0.6 is 0 Å². The van der Waals surface area contributed by atoms with Crippen LogP contribution in [0.5, 0.6) is 11.5 Å². The number of esters is 2. The molecule has 1 aliphatic rings. The Hall–Kier alpha value is -4.52. The fourth-order valence-electron chi connectivity index (χ4n) is 6.27. The summed E-state index contributed by atoms with van der Waals surface area (Å²) in [6.45, 7) is -0.582. The SMILES string of the molecule is COC(=O)[C@H](Cc1ccccc1)O[C@@H]1[C@@H](O)[C@H](c2cc(OC)c3ccccc3c2OC)O[C@H](CO)[C@H]1O[C@@H](Cc1ccccc1)C(=O)OC. The van der Waals surface area contributed by atoms with Crippen molar-refractivity contribution >= 4 is 22.7 Å². The predicted octanol–water partition coefficient (Wildman–Crippen LogP) is 3.99. The third kappa shape index (κ3) is 8.04. The molecule has 2 N–H and O–H groups in total. The number of methoxy groups -OCH3 is 4. The average Bonchev–Trinajstić information content (AvgIpc) is 3.15. The zero-order valence-electron chi connectivity index (χ0n) is 27.9. The van der Waals surface area contributed by atoms with Crippen LogP contribution in [0.4, 0.5) is 0 Å². The van der Waals surface area contributed by atoms with Crippen LogP contribution in [0.25, 0.3) is 10.8 Å². The molecule has 0 saturated carbocycles. The van der Waals surface area contributed by atoms with E-state index in [-0.39, 0.29) is 12.8 Å². The molecule has 0 unspecified atom stereocenters. The zero-order chi connectivity index (χ0) is 34.9. The van der Waals surface area contributed by atoms with Gasteiger partial charge in [0, 0.05) is 29.2 Å². The Bertz CT molecular complexity index is 1680. The Labute approximate surface area is 285 Å². The van der Waals surface area contributed by atoms with E-state index < -0.39 is 61.3 Å². The van der Waals surface area contributed by atoms with E-state index in [1.54, 1.807) is 6.07 Å². The van der Waals surface area contributed by atoms with Gasteiger partial charge < -0.3 is 43.4 Å². The molecule has 0 spiro atoms. The molecule has 11 heteroatoms. The molecule has 11 nitrogen and oxygen atoms in total. The van der Waals surface area contributed by atoms with Gasteiger partial charge in [-0.2, -0.15) is 0 Å². The van der Waals surface area contributed by atoms with E-state index >= 15 is 0 Å². The average molecular weight is 675 g/mol. The number of carbonyl (C=O) groups excluding carboxylic acids is 2. The summed E-state index contributed by atoms with van der Waals surface area (Å²) < 4.78 is 41.1. The smallest absolute Gasteiger partial charge is 0.335 e. The van der Waals surface area contributed by atoms with Crippen LogP contribution in [0.2, 0.25) is 0 Å². The fourth-order valence-corrected chi connectivity index (χ4v) is 6.27. The minimum absolute atomic E-state index is 0.107. The lowest BCUT2D eigenvalue weighted by molar-refractivity contribution is -0.272. The topological polar surface area (TPSA) is 139 Å². The van der Waals surface area contributed by atoms with Gasteiger partial charge in [0.25, 0.3) is 0 Å². The van der Waals surface area contributed by atoms with E-state index in [0.29, 0.717) is 22.4 Å². The van der Waals surface area contributed by atoms with Gasteiger partial charge in [0.15, 0.2) is 12.2 Å². The maximum absolute atomic E-state index is 13.2. The van der Waals surface area contributed by atoms with Gasteiger partial charge in [0.1, 0.15) is 42.0 Å². The highest BCUT2D eigenvalue weighted by molar-refractivity contribution is 5.94. The van der Waals surface area contributed by atoms with Crippen molar-refractivity contribution in [2.75, 3.05) is 35.0 Å². The van der Waals surface area contributed by atoms with Crippen molar-refractivity contribution in [3.8, 4) is 11.5 Å². The molecule has 1 heterocycles. The predicted molar refractivity (Wildman–Crippen MR) is 179 cm³/mol. The number of ether oxygens (including phenoxy) is 7. The molecule has 49 heavy (non-hydrogen) atoms. The summed E-state index contributed by atoms with van der Waals surface area (Å²) in [5.74, 6) is -0.438. The quantitative estimate of drug-likeness (QED) is 0.188. The maximum Gasteiger partial charge on any atom is 0.335 e.